The Morgan fingerprint density at radius 2 is 0.676 bits per heavy atom. The fraction of sp³-hybridized carbons (Fsp3) is 1.00. The van der Waals surface area contributed by atoms with Crippen molar-refractivity contribution in [1.29, 1.82) is 0 Å². The van der Waals surface area contributed by atoms with E-state index in [-0.39, 0.29) is 0 Å². The van der Waals surface area contributed by atoms with Crippen LogP contribution in [-0.2, 0) is 39.8 Å². The second-order valence-corrected chi connectivity index (χ2v) is 17.0. The predicted octanol–water partition coefficient (Wildman–Crippen LogP) is 4.43. The van der Waals surface area contributed by atoms with Gasteiger partial charge in [0.15, 0.2) is 0 Å². The highest BCUT2D eigenvalue weighted by molar-refractivity contribution is 6.61. The van der Waals surface area contributed by atoms with Crippen LogP contribution in [0.1, 0.15) is 60.8 Å². The summed E-state index contributed by atoms with van der Waals surface area (Å²) in [5.74, 6) is 0. The monoisotopic (exact) mass is 587 g/mol. The number of rotatable bonds is 27. The van der Waals surface area contributed by atoms with Crippen LogP contribution < -0.4 is 0 Å². The second kappa shape index (κ2) is 22.0. The molecule has 0 rings (SSSR count). The van der Waals surface area contributed by atoms with Gasteiger partial charge in [0.1, 0.15) is 0 Å². The van der Waals surface area contributed by atoms with E-state index in [0.717, 1.165) is 57.0 Å². The quantitative estimate of drug-likeness (QED) is 0.129. The molecule has 0 aromatic heterocycles. The first-order valence-electron chi connectivity index (χ1n) is 14.0. The Bertz CT molecular complexity index is 511. The van der Waals surface area contributed by atoms with E-state index in [1.54, 1.807) is 21.3 Å². The lowest BCUT2D eigenvalue weighted by atomic mass is 10.3. The number of hydrogen-bond acceptors (Lipinski definition) is 10. The molecular weight excluding hydrogens is 531 g/mol. The summed E-state index contributed by atoms with van der Waals surface area (Å²) >= 11 is 0. The number of hydrogen-bond donors (Lipinski definition) is 0. The van der Waals surface area contributed by atoms with Gasteiger partial charge in [-0.25, -0.2) is 0 Å². The molecule has 0 aromatic carbocycles. The van der Waals surface area contributed by atoms with E-state index in [4.69, 9.17) is 39.8 Å². The molecule has 0 unspecified atom stereocenters. The van der Waals surface area contributed by atoms with Crippen LogP contribution in [0, 0.1) is 0 Å². The van der Waals surface area contributed by atoms with E-state index in [9.17, 15) is 0 Å². The van der Waals surface area contributed by atoms with Crippen LogP contribution >= 0.6 is 0 Å². The van der Waals surface area contributed by atoms with Gasteiger partial charge in [-0.05, 0) is 80.4 Å². The van der Waals surface area contributed by atoms with Crippen molar-refractivity contribution in [2.75, 3.05) is 80.6 Å². The van der Waals surface area contributed by atoms with Gasteiger partial charge in [0.25, 0.3) is 0 Å². The molecule has 0 spiro atoms. The smallest absolute Gasteiger partial charge is 0.377 e. The molecule has 0 aliphatic carbocycles. The van der Waals surface area contributed by atoms with Crippen LogP contribution in [0.4, 0.5) is 0 Å². The molecule has 0 radical (unpaired) electrons. The molecule has 0 saturated heterocycles. The van der Waals surface area contributed by atoms with Crippen LogP contribution in [0.15, 0.2) is 0 Å². The topological polar surface area (TPSA) is 86.3 Å². The van der Waals surface area contributed by atoms with E-state index in [0.29, 0.717) is 39.6 Å². The van der Waals surface area contributed by atoms with E-state index in [1.807, 2.05) is 41.5 Å². The first-order chi connectivity index (χ1) is 17.8. The highest BCUT2D eigenvalue weighted by atomic mass is 28.4. The van der Waals surface area contributed by atoms with Crippen LogP contribution in [-0.4, -0.2) is 112 Å². The zero-order chi connectivity index (χ0) is 28.0. The van der Waals surface area contributed by atoms with E-state index in [1.165, 1.54) is 0 Å². The van der Waals surface area contributed by atoms with Crippen LogP contribution in [0.5, 0.6) is 0 Å². The van der Waals surface area contributed by atoms with Gasteiger partial charge in [0.05, 0.1) is 0 Å². The fourth-order valence-corrected chi connectivity index (χ4v) is 11.3. The molecule has 0 fully saturated rings. The van der Waals surface area contributed by atoms with Crippen molar-refractivity contribution < 1.29 is 39.8 Å². The van der Waals surface area contributed by atoms with E-state index < -0.39 is 26.4 Å². The number of nitrogens with zero attached hydrogens (tertiary/aromatic N) is 1. The van der Waals surface area contributed by atoms with Crippen molar-refractivity contribution in [2.45, 2.75) is 78.9 Å². The molecule has 13 heteroatoms. The predicted molar refractivity (Wildman–Crippen MR) is 153 cm³/mol. The minimum absolute atomic E-state index is 0.579. The molecule has 224 valence electrons. The van der Waals surface area contributed by atoms with Crippen molar-refractivity contribution >= 4 is 26.4 Å². The summed E-state index contributed by atoms with van der Waals surface area (Å²) in [5.41, 5.74) is 0. The van der Waals surface area contributed by atoms with Crippen molar-refractivity contribution in [3.63, 3.8) is 0 Å². The Morgan fingerprint density at radius 1 is 0.405 bits per heavy atom. The largest absolute Gasteiger partial charge is 0.500 e. The van der Waals surface area contributed by atoms with Crippen LogP contribution in [0.25, 0.3) is 0 Å². The summed E-state index contributed by atoms with van der Waals surface area (Å²) in [6, 6.07) is 2.35. The maximum absolute atomic E-state index is 6.06. The molecule has 0 atom stereocenters. The van der Waals surface area contributed by atoms with Gasteiger partial charge in [0.2, 0.25) is 0 Å². The lowest BCUT2D eigenvalue weighted by Gasteiger charge is -2.31. The Labute approximate surface area is 230 Å². The molecule has 0 N–H and O–H groups in total. The summed E-state index contributed by atoms with van der Waals surface area (Å²) in [6.07, 6.45) is 2.77. The van der Waals surface area contributed by atoms with E-state index >= 15 is 0 Å². The summed E-state index contributed by atoms with van der Waals surface area (Å²) < 4.78 is 53.2. The molecule has 0 aliphatic rings. The SMILES string of the molecule is CCO[Si](CCCN(CCC[Si](OC)(OCC)OCC)CCC[Si](OCC)(OCC)OCC)(OC)OC. The van der Waals surface area contributed by atoms with Crippen molar-refractivity contribution in [3.8, 4) is 0 Å². The van der Waals surface area contributed by atoms with Gasteiger partial charge < -0.3 is 44.7 Å². The Hall–Kier alpha value is 0.251. The molecule has 0 aliphatic heterocycles. The van der Waals surface area contributed by atoms with Crippen molar-refractivity contribution in [2.24, 2.45) is 0 Å². The molecule has 0 heterocycles. The van der Waals surface area contributed by atoms with Gasteiger partial charge >= 0.3 is 26.4 Å². The Morgan fingerprint density at radius 3 is 1.00 bits per heavy atom. The molecule has 0 bridgehead atoms. The van der Waals surface area contributed by atoms with Gasteiger partial charge in [-0.2, -0.15) is 0 Å². The molecule has 10 nitrogen and oxygen atoms in total. The highest BCUT2D eigenvalue weighted by Gasteiger charge is 2.41. The minimum atomic E-state index is -2.67. The maximum atomic E-state index is 6.06. The molecule has 0 saturated carbocycles. The van der Waals surface area contributed by atoms with E-state index in [2.05, 4.69) is 4.90 Å². The highest BCUT2D eigenvalue weighted by Crippen LogP contribution is 2.22. The lowest BCUT2D eigenvalue weighted by Crippen LogP contribution is -2.47. The minimum Gasteiger partial charge on any atom is -0.377 e. The molecule has 0 amide bonds. The molecule has 0 aromatic rings. The Kier molecular flexibility index (Phi) is 22.1. The second-order valence-electron chi connectivity index (χ2n) is 8.41. The van der Waals surface area contributed by atoms with Crippen molar-refractivity contribution in [3.05, 3.63) is 0 Å². The third kappa shape index (κ3) is 14.4. The molecule has 37 heavy (non-hydrogen) atoms. The third-order valence-electron chi connectivity index (χ3n) is 5.99. The van der Waals surface area contributed by atoms with Gasteiger partial charge in [-0.3, -0.25) is 0 Å². The standard InChI is InChI=1S/C24H57NO9Si3/c1-10-29-35(26-7,27-8)22-16-19-25(20-17-23-36(28-9,30-11-2)31-12-3)21-18-24-37(32-13-4,33-14-5)34-15-6/h10-24H2,1-9H3. The summed E-state index contributed by atoms with van der Waals surface area (Å²) in [6.45, 7) is 18.2. The van der Waals surface area contributed by atoms with Gasteiger partial charge in [-0.1, -0.05) is 0 Å². The zero-order valence-electron chi connectivity index (χ0n) is 25.2. The van der Waals surface area contributed by atoms with Crippen molar-refractivity contribution in [1.82, 2.24) is 4.90 Å². The lowest BCUT2D eigenvalue weighted by molar-refractivity contribution is 0.0698. The van der Waals surface area contributed by atoms with Gasteiger partial charge in [0, 0.05) is 79.1 Å². The first kappa shape index (κ1) is 37.3. The zero-order valence-corrected chi connectivity index (χ0v) is 28.2. The summed E-state index contributed by atoms with van der Waals surface area (Å²) in [4.78, 5) is 2.48. The summed E-state index contributed by atoms with van der Waals surface area (Å²) in [5, 5.41) is 0. The van der Waals surface area contributed by atoms with Crippen LogP contribution in [0.2, 0.25) is 18.1 Å². The third-order valence-corrected chi connectivity index (χ3v) is 15.1. The van der Waals surface area contributed by atoms with Crippen LogP contribution in [0.3, 0.4) is 0 Å². The average Bonchev–Trinajstić information content (AvgIpc) is 2.88. The van der Waals surface area contributed by atoms with Gasteiger partial charge in [-0.15, -0.1) is 0 Å². The normalized spacial score (nSPS) is 13.1. The fourth-order valence-electron chi connectivity index (χ4n) is 4.44. The first-order valence-corrected chi connectivity index (χ1v) is 19.8. The average molecular weight is 588 g/mol. The Balaban J connectivity index is 5.30. The maximum Gasteiger partial charge on any atom is 0.500 e. The summed E-state index contributed by atoms with van der Waals surface area (Å²) in [7, 11) is -2.88. The molecular formula is C24H57NO9Si3.